The van der Waals surface area contributed by atoms with E-state index in [1.54, 1.807) is 7.11 Å². The summed E-state index contributed by atoms with van der Waals surface area (Å²) in [5.41, 5.74) is 1.57. The molecule has 0 atom stereocenters. The van der Waals surface area contributed by atoms with E-state index in [1.165, 1.54) is 0 Å². The van der Waals surface area contributed by atoms with Gasteiger partial charge in [0.1, 0.15) is 11.3 Å². The molecule has 0 amide bonds. The molecule has 1 fully saturated rings. The Morgan fingerprint density at radius 3 is 3.00 bits per heavy atom. The van der Waals surface area contributed by atoms with Crippen LogP contribution in [0.3, 0.4) is 0 Å². The van der Waals surface area contributed by atoms with Gasteiger partial charge in [-0.15, -0.1) is 0 Å². The van der Waals surface area contributed by atoms with Crippen molar-refractivity contribution in [2.24, 2.45) is 0 Å². The number of aromatic nitrogens is 1. The van der Waals surface area contributed by atoms with Crippen LogP contribution in [0, 0.1) is 0 Å². The fraction of sp³-hybridized carbons (Fsp3) is 0.500. The molecule has 6 nitrogen and oxygen atoms in total. The lowest BCUT2D eigenvalue weighted by Gasteiger charge is -2.26. The van der Waals surface area contributed by atoms with Crippen LogP contribution >= 0.6 is 0 Å². The molecule has 1 aliphatic heterocycles. The molecule has 0 unspecified atom stereocenters. The first-order valence-corrected chi connectivity index (χ1v) is 6.84. The molecule has 108 valence electrons. The maximum absolute atomic E-state index is 5.65. The number of fused-ring (bicyclic) bond motifs is 1. The fourth-order valence-electron chi connectivity index (χ4n) is 2.25. The Labute approximate surface area is 117 Å². The van der Waals surface area contributed by atoms with Crippen molar-refractivity contribution in [1.82, 2.24) is 9.88 Å². The highest BCUT2D eigenvalue weighted by atomic mass is 16.5. The molecule has 0 radical (unpaired) electrons. The highest BCUT2D eigenvalue weighted by Gasteiger charge is 2.10. The van der Waals surface area contributed by atoms with Crippen LogP contribution in [0.4, 0.5) is 6.01 Å². The van der Waals surface area contributed by atoms with Gasteiger partial charge in [-0.1, -0.05) is 0 Å². The van der Waals surface area contributed by atoms with E-state index in [0.29, 0.717) is 6.01 Å². The topological polar surface area (TPSA) is 59.8 Å². The van der Waals surface area contributed by atoms with E-state index in [1.807, 2.05) is 18.2 Å². The summed E-state index contributed by atoms with van der Waals surface area (Å²) >= 11 is 0. The van der Waals surface area contributed by atoms with E-state index in [0.717, 1.165) is 56.2 Å². The number of rotatable bonds is 5. The van der Waals surface area contributed by atoms with Gasteiger partial charge in [0, 0.05) is 32.2 Å². The number of nitrogens with one attached hydrogen (secondary N) is 1. The van der Waals surface area contributed by atoms with Crippen molar-refractivity contribution in [3.05, 3.63) is 18.2 Å². The minimum absolute atomic E-state index is 0.557. The monoisotopic (exact) mass is 277 g/mol. The van der Waals surface area contributed by atoms with E-state index in [-0.39, 0.29) is 0 Å². The van der Waals surface area contributed by atoms with Gasteiger partial charge in [-0.05, 0) is 12.1 Å². The second kappa shape index (κ2) is 6.11. The molecule has 0 bridgehead atoms. The molecule has 1 N–H and O–H groups in total. The smallest absolute Gasteiger partial charge is 0.295 e. The highest BCUT2D eigenvalue weighted by Crippen LogP contribution is 2.23. The molecule has 0 saturated carbocycles. The van der Waals surface area contributed by atoms with Crippen LogP contribution in [0.15, 0.2) is 22.6 Å². The predicted octanol–water partition coefficient (Wildman–Crippen LogP) is 1.58. The molecule has 1 aromatic carbocycles. The molecule has 0 spiro atoms. The molecule has 0 aliphatic carbocycles. The van der Waals surface area contributed by atoms with Gasteiger partial charge in [0.2, 0.25) is 0 Å². The van der Waals surface area contributed by atoms with Crippen LogP contribution in [-0.4, -0.2) is 56.4 Å². The first kappa shape index (κ1) is 13.2. The number of benzene rings is 1. The Hall–Kier alpha value is -1.79. The maximum atomic E-state index is 5.65. The van der Waals surface area contributed by atoms with Crippen LogP contribution in [0.25, 0.3) is 11.1 Å². The molecule has 6 heteroatoms. The third kappa shape index (κ3) is 3.02. The van der Waals surface area contributed by atoms with Crippen molar-refractivity contribution in [2.45, 2.75) is 0 Å². The van der Waals surface area contributed by atoms with Gasteiger partial charge in [-0.25, -0.2) is 0 Å². The Balaban J connectivity index is 1.57. The number of morpholine rings is 1. The zero-order valence-corrected chi connectivity index (χ0v) is 11.6. The lowest BCUT2D eigenvalue weighted by Crippen LogP contribution is -2.39. The predicted molar refractivity (Wildman–Crippen MR) is 76.3 cm³/mol. The van der Waals surface area contributed by atoms with Gasteiger partial charge < -0.3 is 19.2 Å². The first-order chi connectivity index (χ1) is 9.85. The third-order valence-electron chi connectivity index (χ3n) is 3.40. The van der Waals surface area contributed by atoms with E-state index < -0.39 is 0 Å². The molecule has 1 aromatic heterocycles. The van der Waals surface area contributed by atoms with E-state index in [2.05, 4.69) is 15.2 Å². The summed E-state index contributed by atoms with van der Waals surface area (Å²) in [5, 5.41) is 3.22. The van der Waals surface area contributed by atoms with E-state index >= 15 is 0 Å². The molecule has 2 heterocycles. The Kier molecular flexibility index (Phi) is 4.03. The second-order valence-corrected chi connectivity index (χ2v) is 4.73. The second-order valence-electron chi connectivity index (χ2n) is 4.73. The summed E-state index contributed by atoms with van der Waals surface area (Å²) in [7, 11) is 1.64. The summed E-state index contributed by atoms with van der Waals surface area (Å²) in [6.07, 6.45) is 0. The molecule has 1 saturated heterocycles. The molecule has 3 rings (SSSR count). The summed E-state index contributed by atoms with van der Waals surface area (Å²) in [5.74, 6) is 0.772. The number of methoxy groups -OCH3 is 1. The summed E-state index contributed by atoms with van der Waals surface area (Å²) in [6, 6.07) is 6.17. The van der Waals surface area contributed by atoms with Crippen molar-refractivity contribution in [1.29, 1.82) is 0 Å². The zero-order valence-electron chi connectivity index (χ0n) is 11.6. The van der Waals surface area contributed by atoms with Gasteiger partial charge in [0.25, 0.3) is 6.01 Å². The zero-order chi connectivity index (χ0) is 13.8. The lowest BCUT2D eigenvalue weighted by molar-refractivity contribution is 0.0398. The van der Waals surface area contributed by atoms with Crippen LogP contribution in [-0.2, 0) is 4.74 Å². The van der Waals surface area contributed by atoms with Crippen LogP contribution < -0.4 is 10.1 Å². The van der Waals surface area contributed by atoms with Crippen LogP contribution in [0.1, 0.15) is 0 Å². The number of nitrogens with zero attached hydrogens (tertiary/aromatic N) is 2. The molecular formula is C14H19N3O3. The standard InChI is InChI=1S/C14H19N3O3/c1-18-11-2-3-12-13(10-11)20-14(16-12)15-4-5-17-6-8-19-9-7-17/h2-3,10H,4-9H2,1H3,(H,15,16). The van der Waals surface area contributed by atoms with Crippen molar-refractivity contribution in [3.8, 4) is 5.75 Å². The van der Waals surface area contributed by atoms with Crippen LogP contribution in [0.2, 0.25) is 0 Å². The lowest BCUT2D eigenvalue weighted by atomic mass is 10.3. The molecule has 20 heavy (non-hydrogen) atoms. The summed E-state index contributed by atoms with van der Waals surface area (Å²) < 4.78 is 16.1. The Bertz CT molecular complexity index is 564. The van der Waals surface area contributed by atoms with Gasteiger partial charge >= 0.3 is 0 Å². The summed E-state index contributed by atoms with van der Waals surface area (Å²) in [6.45, 7) is 5.40. The van der Waals surface area contributed by atoms with Crippen molar-refractivity contribution in [2.75, 3.05) is 51.8 Å². The van der Waals surface area contributed by atoms with E-state index in [9.17, 15) is 0 Å². The largest absolute Gasteiger partial charge is 0.497 e. The van der Waals surface area contributed by atoms with Crippen molar-refractivity contribution in [3.63, 3.8) is 0 Å². The number of ether oxygens (including phenoxy) is 2. The minimum Gasteiger partial charge on any atom is -0.497 e. The number of anilines is 1. The highest BCUT2D eigenvalue weighted by molar-refractivity contribution is 5.76. The Morgan fingerprint density at radius 2 is 2.20 bits per heavy atom. The fourth-order valence-corrected chi connectivity index (χ4v) is 2.25. The molecule has 1 aliphatic rings. The average Bonchev–Trinajstić information content (AvgIpc) is 2.90. The SMILES string of the molecule is COc1ccc2nc(NCCN3CCOCC3)oc2c1. The third-order valence-corrected chi connectivity index (χ3v) is 3.40. The maximum Gasteiger partial charge on any atom is 0.295 e. The van der Waals surface area contributed by atoms with Gasteiger partial charge in [-0.2, -0.15) is 4.98 Å². The Morgan fingerprint density at radius 1 is 1.35 bits per heavy atom. The minimum atomic E-state index is 0.557. The average molecular weight is 277 g/mol. The number of hydrogen-bond donors (Lipinski definition) is 1. The van der Waals surface area contributed by atoms with Crippen LogP contribution in [0.5, 0.6) is 5.75 Å². The number of hydrogen-bond acceptors (Lipinski definition) is 6. The normalized spacial score (nSPS) is 16.4. The van der Waals surface area contributed by atoms with Gasteiger partial charge in [-0.3, -0.25) is 4.90 Å². The molecular weight excluding hydrogens is 258 g/mol. The van der Waals surface area contributed by atoms with Crippen molar-refractivity contribution < 1.29 is 13.9 Å². The molecule has 2 aromatic rings. The summed E-state index contributed by atoms with van der Waals surface area (Å²) in [4.78, 5) is 6.76. The van der Waals surface area contributed by atoms with Gasteiger partial charge in [0.15, 0.2) is 5.58 Å². The first-order valence-electron chi connectivity index (χ1n) is 6.84. The quantitative estimate of drug-likeness (QED) is 0.895. The van der Waals surface area contributed by atoms with E-state index in [4.69, 9.17) is 13.9 Å². The van der Waals surface area contributed by atoms with Gasteiger partial charge in [0.05, 0.1) is 20.3 Å². The van der Waals surface area contributed by atoms with Crippen molar-refractivity contribution >= 4 is 17.1 Å². The number of oxazole rings is 1.